The molecule has 0 amide bonds. The second-order valence-electron chi connectivity index (χ2n) is 2.04. The number of aromatic nitrogens is 5. The van der Waals surface area contributed by atoms with Crippen molar-refractivity contribution in [2.24, 2.45) is 0 Å². The highest BCUT2D eigenvalue weighted by Gasteiger charge is 1.61. The fraction of sp³-hybridized carbons (Fsp3) is 0. The summed E-state index contributed by atoms with van der Waals surface area (Å²) in [4.78, 5) is 0. The molecule has 0 spiro atoms. The van der Waals surface area contributed by atoms with Crippen LogP contribution in [0.25, 0.3) is 0 Å². The first-order valence-electron chi connectivity index (χ1n) is 3.99. The van der Waals surface area contributed by atoms with Gasteiger partial charge in [-0.1, -0.05) is 5.16 Å². The zero-order valence-corrected chi connectivity index (χ0v) is 7.72. The monoisotopic (exact) mass is 207 g/mol. The maximum atomic E-state index is 4.33. The predicted molar refractivity (Wildman–Crippen MR) is 49.4 cm³/mol. The van der Waals surface area contributed by atoms with Gasteiger partial charge in [-0.25, -0.2) is 0 Å². The zero-order chi connectivity index (χ0) is 10.6. The summed E-state index contributed by atoms with van der Waals surface area (Å²) in [5.41, 5.74) is 0. The van der Waals surface area contributed by atoms with Gasteiger partial charge < -0.3 is 9.05 Å². The van der Waals surface area contributed by atoms with E-state index in [1.165, 1.54) is 18.7 Å². The van der Waals surface area contributed by atoms with E-state index >= 15 is 0 Å². The molecule has 7 heteroatoms. The molecule has 0 fully saturated rings. The summed E-state index contributed by atoms with van der Waals surface area (Å²) >= 11 is 0. The highest BCUT2D eigenvalue weighted by Crippen LogP contribution is 1.72. The second-order valence-corrected chi connectivity index (χ2v) is 2.04. The van der Waals surface area contributed by atoms with Crippen LogP contribution in [0.2, 0.25) is 0 Å². The number of aromatic amines is 1. The van der Waals surface area contributed by atoms with Crippen molar-refractivity contribution in [2.75, 3.05) is 0 Å². The van der Waals surface area contributed by atoms with Crippen LogP contribution in [0, 0.1) is 0 Å². The van der Waals surface area contributed by atoms with Gasteiger partial charge in [0.1, 0.15) is 12.5 Å². The van der Waals surface area contributed by atoms with Crippen molar-refractivity contribution in [3.63, 3.8) is 0 Å². The molecule has 15 heavy (non-hydrogen) atoms. The van der Waals surface area contributed by atoms with Gasteiger partial charge in [-0.15, -0.1) is 5.10 Å². The van der Waals surface area contributed by atoms with Gasteiger partial charge in [-0.3, -0.25) is 5.10 Å². The van der Waals surface area contributed by atoms with Crippen LogP contribution < -0.4 is 0 Å². The Balaban J connectivity index is 0.000000112. The van der Waals surface area contributed by atoms with Gasteiger partial charge in [0.2, 0.25) is 0 Å². The van der Waals surface area contributed by atoms with E-state index in [-0.39, 0.29) is 0 Å². The number of hydrogen-bond donors (Lipinski definition) is 1. The Morgan fingerprint density at radius 1 is 0.933 bits per heavy atom. The number of rotatable bonds is 0. The SMILES string of the molecule is c1cn[nH]c1.c1cnoc1.c1conn1. The summed E-state index contributed by atoms with van der Waals surface area (Å²) in [6.45, 7) is 0. The van der Waals surface area contributed by atoms with E-state index in [0.717, 1.165) is 0 Å². The molecule has 0 aliphatic rings. The maximum absolute atomic E-state index is 4.33. The molecule has 0 aliphatic carbocycles. The van der Waals surface area contributed by atoms with E-state index in [9.17, 15) is 0 Å². The maximum Gasteiger partial charge on any atom is 0.144 e. The Labute approximate surface area is 85.1 Å². The third-order valence-corrected chi connectivity index (χ3v) is 1.04. The summed E-state index contributed by atoms with van der Waals surface area (Å²) in [7, 11) is 0. The van der Waals surface area contributed by atoms with Crippen LogP contribution >= 0.6 is 0 Å². The molecular formula is C8H9N5O2. The van der Waals surface area contributed by atoms with Gasteiger partial charge in [0.25, 0.3) is 0 Å². The highest BCUT2D eigenvalue weighted by molar-refractivity contribution is 4.72. The summed E-state index contributed by atoms with van der Waals surface area (Å²) in [5.74, 6) is 0. The molecule has 0 aromatic carbocycles. The van der Waals surface area contributed by atoms with Crippen LogP contribution in [0.15, 0.2) is 58.5 Å². The van der Waals surface area contributed by atoms with Crippen LogP contribution in [-0.4, -0.2) is 25.7 Å². The van der Waals surface area contributed by atoms with E-state index in [1.54, 1.807) is 24.7 Å². The zero-order valence-electron chi connectivity index (χ0n) is 7.72. The van der Waals surface area contributed by atoms with Gasteiger partial charge >= 0.3 is 0 Å². The van der Waals surface area contributed by atoms with Crippen molar-refractivity contribution in [3.05, 3.63) is 49.4 Å². The third kappa shape index (κ3) is 6.70. The minimum atomic E-state index is 1.40. The molecule has 3 heterocycles. The summed E-state index contributed by atoms with van der Waals surface area (Å²) < 4.78 is 8.56. The molecule has 0 radical (unpaired) electrons. The molecule has 3 aromatic heterocycles. The van der Waals surface area contributed by atoms with Crippen molar-refractivity contribution in [2.45, 2.75) is 0 Å². The van der Waals surface area contributed by atoms with Crippen LogP contribution in [0.3, 0.4) is 0 Å². The fourth-order valence-corrected chi connectivity index (χ4v) is 0.527. The topological polar surface area (TPSA) is 93.6 Å². The predicted octanol–water partition coefficient (Wildman–Crippen LogP) is 1.15. The van der Waals surface area contributed by atoms with Crippen molar-refractivity contribution < 1.29 is 9.05 Å². The molecule has 0 bridgehead atoms. The number of hydrogen-bond acceptors (Lipinski definition) is 6. The molecule has 3 aromatic rings. The molecule has 0 unspecified atom stereocenters. The lowest BCUT2D eigenvalue weighted by molar-refractivity contribution is 0.393. The van der Waals surface area contributed by atoms with E-state index in [2.05, 4.69) is 34.8 Å². The number of nitrogens with zero attached hydrogens (tertiary/aromatic N) is 4. The molecule has 3 rings (SSSR count). The Bertz CT molecular complexity index is 253. The lowest BCUT2D eigenvalue weighted by Gasteiger charge is -1.49. The minimum absolute atomic E-state index is 1.40. The summed E-state index contributed by atoms with van der Waals surface area (Å²) in [6, 6.07) is 3.56. The molecular weight excluding hydrogens is 198 g/mol. The van der Waals surface area contributed by atoms with Crippen LogP contribution in [0.5, 0.6) is 0 Å². The van der Waals surface area contributed by atoms with Crippen LogP contribution in [0.4, 0.5) is 0 Å². The molecule has 78 valence electrons. The standard InChI is InChI=1S/C3H4N2.C3H3NO.C2H2N2O/c2*1-2-4-5-3-1;1-2-5-4-3-1/h1-3H,(H,4,5);1-3H;1-2H. The summed E-state index contributed by atoms with van der Waals surface area (Å²) in [5, 5.41) is 16.0. The van der Waals surface area contributed by atoms with Crippen LogP contribution in [0.1, 0.15) is 0 Å². The average molecular weight is 207 g/mol. The van der Waals surface area contributed by atoms with Crippen LogP contribution in [-0.2, 0) is 0 Å². The first kappa shape index (κ1) is 10.6. The molecule has 1 N–H and O–H groups in total. The first-order valence-corrected chi connectivity index (χ1v) is 3.99. The molecule has 0 atom stereocenters. The Hall–Kier alpha value is -2.44. The number of H-pyrrole nitrogens is 1. The molecule has 0 aliphatic heterocycles. The smallest absolute Gasteiger partial charge is 0.144 e. The quantitative estimate of drug-likeness (QED) is 0.594. The van der Waals surface area contributed by atoms with Gasteiger partial charge in [0, 0.05) is 17.7 Å². The lowest BCUT2D eigenvalue weighted by atomic mass is 10.8. The van der Waals surface area contributed by atoms with Gasteiger partial charge in [-0.2, -0.15) is 5.10 Å². The lowest BCUT2D eigenvalue weighted by Crippen LogP contribution is -1.53. The minimum Gasteiger partial charge on any atom is -0.365 e. The molecule has 0 saturated carbocycles. The van der Waals surface area contributed by atoms with Gasteiger partial charge in [0.05, 0.1) is 12.4 Å². The highest BCUT2D eigenvalue weighted by atomic mass is 16.5. The van der Waals surface area contributed by atoms with E-state index in [0.29, 0.717) is 0 Å². The Morgan fingerprint density at radius 2 is 1.93 bits per heavy atom. The van der Waals surface area contributed by atoms with Crippen molar-refractivity contribution in [3.8, 4) is 0 Å². The van der Waals surface area contributed by atoms with Gasteiger partial charge in [-0.05, 0) is 12.1 Å². The first-order chi connectivity index (χ1) is 7.50. The normalized spacial score (nSPS) is 8.00. The van der Waals surface area contributed by atoms with Gasteiger partial charge in [0.15, 0.2) is 0 Å². The van der Waals surface area contributed by atoms with Crippen molar-refractivity contribution in [1.82, 2.24) is 25.7 Å². The van der Waals surface area contributed by atoms with E-state index in [4.69, 9.17) is 0 Å². The van der Waals surface area contributed by atoms with Crippen molar-refractivity contribution in [1.29, 1.82) is 0 Å². The molecule has 7 nitrogen and oxygen atoms in total. The fourth-order valence-electron chi connectivity index (χ4n) is 0.527. The van der Waals surface area contributed by atoms with Crippen molar-refractivity contribution >= 4 is 0 Å². The second kappa shape index (κ2) is 8.17. The molecule has 0 saturated heterocycles. The van der Waals surface area contributed by atoms with E-state index < -0.39 is 0 Å². The third-order valence-electron chi connectivity index (χ3n) is 1.04. The Kier molecular flexibility index (Phi) is 5.80. The Morgan fingerprint density at radius 3 is 2.13 bits per heavy atom. The summed E-state index contributed by atoms with van der Waals surface area (Å²) in [6.07, 6.45) is 9.43. The largest absolute Gasteiger partial charge is 0.365 e. The number of nitrogens with one attached hydrogen (secondary N) is 1. The van der Waals surface area contributed by atoms with E-state index in [1.807, 2.05) is 6.07 Å². The average Bonchev–Trinajstić information content (AvgIpc) is 3.09.